The van der Waals surface area contributed by atoms with Gasteiger partial charge in [0.05, 0.1) is 12.2 Å². The van der Waals surface area contributed by atoms with Gasteiger partial charge in [-0.05, 0) is 38.9 Å². The zero-order valence-corrected chi connectivity index (χ0v) is 15.7. The smallest absolute Gasteiger partial charge is 0.0791 e. The first-order valence-corrected chi connectivity index (χ1v) is 9.63. The van der Waals surface area contributed by atoms with E-state index in [1.807, 2.05) is 0 Å². The van der Waals surface area contributed by atoms with Gasteiger partial charge in [0.15, 0.2) is 0 Å². The molecule has 140 valence electrons. The van der Waals surface area contributed by atoms with Gasteiger partial charge >= 0.3 is 0 Å². The van der Waals surface area contributed by atoms with E-state index in [1.165, 1.54) is 12.8 Å². The summed E-state index contributed by atoms with van der Waals surface area (Å²) < 4.78 is 0. The quantitative estimate of drug-likeness (QED) is 0.305. The van der Waals surface area contributed by atoms with E-state index >= 15 is 0 Å². The Balaban J connectivity index is 4.02. The van der Waals surface area contributed by atoms with Crippen LogP contribution in [0.25, 0.3) is 0 Å². The number of aliphatic hydroxyl groups is 2. The molecule has 0 aliphatic carbocycles. The molecule has 0 heterocycles. The average molecular weight is 332 g/mol. The number of nitrogens with zero attached hydrogens (tertiary/aromatic N) is 1. The van der Waals surface area contributed by atoms with Gasteiger partial charge in [-0.15, -0.1) is 0 Å². The van der Waals surface area contributed by atoms with Crippen molar-refractivity contribution in [1.82, 2.24) is 15.5 Å². The maximum Gasteiger partial charge on any atom is 0.0791 e. The molecule has 0 aromatic rings. The third kappa shape index (κ3) is 15.1. The van der Waals surface area contributed by atoms with Crippen LogP contribution in [0.4, 0.5) is 0 Å². The van der Waals surface area contributed by atoms with Gasteiger partial charge in [0, 0.05) is 26.2 Å². The molecule has 0 amide bonds. The second kappa shape index (κ2) is 16.7. The fraction of sp³-hybridized carbons (Fsp3) is 1.00. The second-order valence-corrected chi connectivity index (χ2v) is 6.54. The number of aliphatic hydroxyl groups excluding tert-OH is 2. The molecule has 2 unspecified atom stereocenters. The standard InChI is InChI=1S/C18H41N3O2/c1-4-7-10-19-13-17(22)15-21(12-9-6-3)16-18(23)14-20-11-8-5-2/h17-20,22-23H,4-16H2,1-3H3. The SMILES string of the molecule is CCCCNCC(O)CN(CCCC)CC(O)CNCCCC. The topological polar surface area (TPSA) is 67.8 Å². The number of unbranched alkanes of at least 4 members (excludes halogenated alkanes) is 3. The number of hydrogen-bond acceptors (Lipinski definition) is 5. The summed E-state index contributed by atoms with van der Waals surface area (Å²) in [5, 5.41) is 26.9. The minimum atomic E-state index is -0.371. The Morgan fingerprint density at radius 1 is 0.739 bits per heavy atom. The third-order valence-electron chi connectivity index (χ3n) is 3.94. The summed E-state index contributed by atoms with van der Waals surface area (Å²) in [7, 11) is 0. The monoisotopic (exact) mass is 331 g/mol. The molecule has 0 bridgehead atoms. The molecule has 0 spiro atoms. The fourth-order valence-electron chi connectivity index (χ4n) is 2.50. The highest BCUT2D eigenvalue weighted by atomic mass is 16.3. The summed E-state index contributed by atoms with van der Waals surface area (Å²) in [4.78, 5) is 2.20. The Labute approximate surface area is 143 Å². The van der Waals surface area contributed by atoms with Crippen LogP contribution in [0.1, 0.15) is 59.3 Å². The Morgan fingerprint density at radius 2 is 1.17 bits per heavy atom. The highest BCUT2D eigenvalue weighted by molar-refractivity contribution is 4.72. The molecule has 0 rings (SSSR count). The maximum atomic E-state index is 10.2. The summed E-state index contributed by atoms with van der Waals surface area (Å²) >= 11 is 0. The molecule has 0 saturated carbocycles. The lowest BCUT2D eigenvalue weighted by atomic mass is 10.2. The number of nitrogens with one attached hydrogen (secondary N) is 2. The van der Waals surface area contributed by atoms with Crippen molar-refractivity contribution < 1.29 is 10.2 Å². The van der Waals surface area contributed by atoms with Gasteiger partial charge in [0.1, 0.15) is 0 Å². The predicted molar refractivity (Wildman–Crippen MR) is 98.9 cm³/mol. The van der Waals surface area contributed by atoms with Crippen molar-refractivity contribution in [3.63, 3.8) is 0 Å². The fourth-order valence-corrected chi connectivity index (χ4v) is 2.50. The first-order chi connectivity index (χ1) is 11.1. The molecule has 0 aromatic heterocycles. The van der Waals surface area contributed by atoms with Gasteiger partial charge < -0.3 is 20.8 Å². The van der Waals surface area contributed by atoms with Crippen molar-refractivity contribution in [3.05, 3.63) is 0 Å². The van der Waals surface area contributed by atoms with Gasteiger partial charge in [0.25, 0.3) is 0 Å². The average Bonchev–Trinajstić information content (AvgIpc) is 2.53. The van der Waals surface area contributed by atoms with Crippen molar-refractivity contribution in [2.45, 2.75) is 71.5 Å². The van der Waals surface area contributed by atoms with E-state index in [4.69, 9.17) is 0 Å². The van der Waals surface area contributed by atoms with Crippen LogP contribution in [0, 0.1) is 0 Å². The lowest BCUT2D eigenvalue weighted by Gasteiger charge is -2.27. The first kappa shape index (κ1) is 22.8. The zero-order chi connectivity index (χ0) is 17.3. The van der Waals surface area contributed by atoms with E-state index in [0.29, 0.717) is 26.2 Å². The molecule has 2 atom stereocenters. The van der Waals surface area contributed by atoms with Gasteiger partial charge in [-0.3, -0.25) is 4.90 Å². The van der Waals surface area contributed by atoms with E-state index in [-0.39, 0.29) is 12.2 Å². The van der Waals surface area contributed by atoms with Crippen molar-refractivity contribution >= 4 is 0 Å². The molecule has 0 fully saturated rings. The van der Waals surface area contributed by atoms with Crippen LogP contribution < -0.4 is 10.6 Å². The predicted octanol–water partition coefficient (Wildman–Crippen LogP) is 1.59. The van der Waals surface area contributed by atoms with Crippen molar-refractivity contribution in [2.24, 2.45) is 0 Å². The molecule has 0 saturated heterocycles. The molecule has 4 N–H and O–H groups in total. The Morgan fingerprint density at radius 3 is 1.57 bits per heavy atom. The minimum Gasteiger partial charge on any atom is -0.390 e. The summed E-state index contributed by atoms with van der Waals surface area (Å²) in [5.41, 5.74) is 0. The highest BCUT2D eigenvalue weighted by Crippen LogP contribution is 2.00. The van der Waals surface area contributed by atoms with Gasteiger partial charge in [0.2, 0.25) is 0 Å². The molecular formula is C18H41N3O2. The summed E-state index contributed by atoms with van der Waals surface area (Å²) in [6.07, 6.45) is 6.13. The Hall–Kier alpha value is -0.200. The van der Waals surface area contributed by atoms with Crippen LogP contribution in [0.2, 0.25) is 0 Å². The van der Waals surface area contributed by atoms with Crippen LogP contribution in [0.3, 0.4) is 0 Å². The van der Waals surface area contributed by atoms with E-state index in [2.05, 4.69) is 36.3 Å². The van der Waals surface area contributed by atoms with Crippen LogP contribution in [0.5, 0.6) is 0 Å². The molecule has 5 nitrogen and oxygen atoms in total. The zero-order valence-electron chi connectivity index (χ0n) is 15.7. The minimum absolute atomic E-state index is 0.371. The van der Waals surface area contributed by atoms with E-state index in [9.17, 15) is 10.2 Å². The van der Waals surface area contributed by atoms with E-state index < -0.39 is 0 Å². The molecule has 0 aliphatic heterocycles. The van der Waals surface area contributed by atoms with Gasteiger partial charge in [-0.2, -0.15) is 0 Å². The van der Waals surface area contributed by atoms with Crippen LogP contribution in [0.15, 0.2) is 0 Å². The number of rotatable bonds is 17. The van der Waals surface area contributed by atoms with E-state index in [1.54, 1.807) is 0 Å². The molecular weight excluding hydrogens is 290 g/mol. The molecule has 0 aromatic carbocycles. The van der Waals surface area contributed by atoms with Crippen LogP contribution >= 0.6 is 0 Å². The molecule has 0 radical (unpaired) electrons. The Bertz CT molecular complexity index is 222. The van der Waals surface area contributed by atoms with E-state index in [0.717, 1.165) is 45.3 Å². The molecule has 0 aliphatic rings. The molecule has 23 heavy (non-hydrogen) atoms. The van der Waals surface area contributed by atoms with Crippen molar-refractivity contribution in [1.29, 1.82) is 0 Å². The number of hydrogen-bond donors (Lipinski definition) is 4. The third-order valence-corrected chi connectivity index (χ3v) is 3.94. The molecule has 5 heteroatoms. The van der Waals surface area contributed by atoms with Crippen LogP contribution in [-0.2, 0) is 0 Å². The first-order valence-electron chi connectivity index (χ1n) is 9.63. The lowest BCUT2D eigenvalue weighted by molar-refractivity contribution is 0.0682. The summed E-state index contributed by atoms with van der Waals surface area (Å²) in [5.74, 6) is 0. The van der Waals surface area contributed by atoms with Gasteiger partial charge in [-0.25, -0.2) is 0 Å². The maximum absolute atomic E-state index is 10.2. The summed E-state index contributed by atoms with van der Waals surface area (Å²) in [6.45, 7) is 11.9. The summed E-state index contributed by atoms with van der Waals surface area (Å²) in [6, 6.07) is 0. The normalized spacial score (nSPS) is 14.3. The second-order valence-electron chi connectivity index (χ2n) is 6.54. The van der Waals surface area contributed by atoms with Crippen molar-refractivity contribution in [2.75, 3.05) is 45.8 Å². The van der Waals surface area contributed by atoms with Crippen LogP contribution in [-0.4, -0.2) is 73.1 Å². The lowest BCUT2D eigenvalue weighted by Crippen LogP contribution is -2.44. The highest BCUT2D eigenvalue weighted by Gasteiger charge is 2.15. The Kier molecular flexibility index (Phi) is 16.5. The van der Waals surface area contributed by atoms with Crippen molar-refractivity contribution in [3.8, 4) is 0 Å². The van der Waals surface area contributed by atoms with Gasteiger partial charge in [-0.1, -0.05) is 40.0 Å². The largest absolute Gasteiger partial charge is 0.390 e.